The smallest absolute Gasteiger partial charge is 0.135 e. The van der Waals surface area contributed by atoms with E-state index in [0.717, 1.165) is 11.1 Å². The van der Waals surface area contributed by atoms with E-state index in [1.165, 1.54) is 0 Å². The lowest BCUT2D eigenvalue weighted by Crippen LogP contribution is -1.97. The van der Waals surface area contributed by atoms with Gasteiger partial charge in [-0.15, -0.1) is 0 Å². The van der Waals surface area contributed by atoms with Gasteiger partial charge in [0, 0.05) is 6.42 Å². The number of benzene rings is 2. The van der Waals surface area contributed by atoms with Crippen LogP contribution in [-0.2, 0) is 6.61 Å². The molecule has 0 aliphatic carbocycles. The quantitative estimate of drug-likeness (QED) is 0.874. The van der Waals surface area contributed by atoms with Gasteiger partial charge in [-0.05, 0) is 29.8 Å². The van der Waals surface area contributed by atoms with Crippen molar-refractivity contribution < 1.29 is 9.84 Å². The van der Waals surface area contributed by atoms with Crippen LogP contribution < -0.4 is 4.74 Å². The summed E-state index contributed by atoms with van der Waals surface area (Å²) in [6.07, 6.45) is 0.448. The van der Waals surface area contributed by atoms with Crippen LogP contribution in [0.5, 0.6) is 5.75 Å². The highest BCUT2D eigenvalue weighted by molar-refractivity contribution is 5.46. The summed E-state index contributed by atoms with van der Waals surface area (Å²) in [7, 11) is 0. The van der Waals surface area contributed by atoms with Gasteiger partial charge in [-0.25, -0.2) is 0 Å². The van der Waals surface area contributed by atoms with Gasteiger partial charge in [-0.3, -0.25) is 0 Å². The Morgan fingerprint density at radius 3 is 2.52 bits per heavy atom. The number of rotatable bonds is 4. The molecule has 0 saturated heterocycles. The Morgan fingerprint density at radius 1 is 1.05 bits per heavy atom. The number of aliphatic hydroxyl groups excluding tert-OH is 1. The number of para-hydroxylation sites is 1. The van der Waals surface area contributed by atoms with Gasteiger partial charge in [0.2, 0.25) is 0 Å². The molecule has 3 nitrogen and oxygen atoms in total. The minimum atomic E-state index is 0.0568. The number of hydrogen-bond donors (Lipinski definition) is 1. The fourth-order valence-corrected chi connectivity index (χ4v) is 1.75. The molecule has 0 unspecified atom stereocenters. The summed E-state index contributed by atoms with van der Waals surface area (Å²) in [6, 6.07) is 16.9. The lowest BCUT2D eigenvalue weighted by atomic mass is 10.1. The molecule has 0 atom stereocenters. The number of aliphatic hydroxyl groups is 1. The van der Waals surface area contributed by atoms with Crippen LogP contribution in [0.25, 0.3) is 0 Å². The maximum atomic E-state index is 8.76. The summed E-state index contributed by atoms with van der Waals surface area (Å²) < 4.78 is 5.78. The van der Waals surface area contributed by atoms with Crippen LogP contribution in [0.4, 0.5) is 0 Å². The maximum absolute atomic E-state index is 8.76. The van der Waals surface area contributed by atoms with Crippen molar-refractivity contribution in [2.75, 3.05) is 6.61 Å². The molecular weight excluding hydrogens is 262 g/mol. The molecule has 0 aliphatic rings. The van der Waals surface area contributed by atoms with Gasteiger partial charge in [-0.1, -0.05) is 36.1 Å². The molecule has 0 fully saturated rings. The van der Waals surface area contributed by atoms with Crippen molar-refractivity contribution in [3.63, 3.8) is 0 Å². The van der Waals surface area contributed by atoms with E-state index in [9.17, 15) is 0 Å². The molecule has 0 aromatic heterocycles. The van der Waals surface area contributed by atoms with Crippen molar-refractivity contribution in [1.82, 2.24) is 0 Å². The molecule has 0 radical (unpaired) electrons. The molecule has 3 heteroatoms. The van der Waals surface area contributed by atoms with E-state index in [4.69, 9.17) is 15.1 Å². The molecule has 0 heterocycles. The third-order valence-electron chi connectivity index (χ3n) is 2.82. The molecule has 0 saturated carbocycles. The number of nitriles is 1. The average molecular weight is 277 g/mol. The highest BCUT2D eigenvalue weighted by atomic mass is 16.5. The predicted octanol–water partition coefficient (Wildman–Crippen LogP) is 2.87. The standard InChI is InChI=1S/C18H15NO2/c19-13-15-8-10-16(11-9-15)14-21-18-7-2-1-5-17(18)6-3-4-12-20/h1-2,5,7-11,20H,4,12,14H2. The summed E-state index contributed by atoms with van der Waals surface area (Å²) in [4.78, 5) is 0. The van der Waals surface area contributed by atoms with Gasteiger partial charge < -0.3 is 9.84 Å². The van der Waals surface area contributed by atoms with Crippen LogP contribution in [0.2, 0.25) is 0 Å². The largest absolute Gasteiger partial charge is 0.488 e. The van der Waals surface area contributed by atoms with Crippen molar-refractivity contribution in [3.8, 4) is 23.7 Å². The fourth-order valence-electron chi connectivity index (χ4n) is 1.75. The number of ether oxygens (including phenoxy) is 1. The Labute approximate surface area is 124 Å². The zero-order valence-electron chi connectivity index (χ0n) is 11.5. The van der Waals surface area contributed by atoms with Crippen LogP contribution in [0.15, 0.2) is 48.5 Å². The normalized spacial score (nSPS) is 9.33. The Kier molecular flexibility index (Phi) is 5.41. The van der Waals surface area contributed by atoms with E-state index in [0.29, 0.717) is 24.3 Å². The zero-order valence-corrected chi connectivity index (χ0v) is 11.5. The third kappa shape index (κ3) is 4.38. The summed E-state index contributed by atoms with van der Waals surface area (Å²) in [5.74, 6) is 6.59. The topological polar surface area (TPSA) is 53.2 Å². The fraction of sp³-hybridized carbons (Fsp3) is 0.167. The van der Waals surface area contributed by atoms with E-state index in [2.05, 4.69) is 17.9 Å². The van der Waals surface area contributed by atoms with E-state index in [1.807, 2.05) is 36.4 Å². The average Bonchev–Trinajstić information content (AvgIpc) is 2.54. The van der Waals surface area contributed by atoms with Crippen LogP contribution in [0, 0.1) is 23.2 Å². The third-order valence-corrected chi connectivity index (χ3v) is 2.82. The second kappa shape index (κ2) is 7.75. The summed E-state index contributed by atoms with van der Waals surface area (Å²) in [6.45, 7) is 0.478. The Hall–Kier alpha value is -2.75. The molecule has 2 aromatic rings. The number of hydrogen-bond acceptors (Lipinski definition) is 3. The highest BCUT2D eigenvalue weighted by Gasteiger charge is 2.01. The molecule has 21 heavy (non-hydrogen) atoms. The van der Waals surface area contributed by atoms with Gasteiger partial charge in [0.15, 0.2) is 0 Å². The van der Waals surface area contributed by atoms with Crippen LogP contribution in [0.3, 0.4) is 0 Å². The Morgan fingerprint density at radius 2 is 1.81 bits per heavy atom. The first-order valence-electron chi connectivity index (χ1n) is 6.64. The Bertz CT molecular complexity index is 688. The number of nitrogens with zero attached hydrogens (tertiary/aromatic N) is 1. The molecule has 0 amide bonds. The van der Waals surface area contributed by atoms with Gasteiger partial charge in [0.25, 0.3) is 0 Å². The van der Waals surface area contributed by atoms with Crippen LogP contribution in [0.1, 0.15) is 23.1 Å². The molecule has 0 bridgehead atoms. The van der Waals surface area contributed by atoms with Crippen LogP contribution >= 0.6 is 0 Å². The highest BCUT2D eigenvalue weighted by Crippen LogP contribution is 2.18. The first kappa shape index (κ1) is 14.7. The monoisotopic (exact) mass is 277 g/mol. The summed E-state index contributed by atoms with van der Waals surface area (Å²) in [5, 5.41) is 17.5. The molecule has 2 aromatic carbocycles. The van der Waals surface area contributed by atoms with Crippen molar-refractivity contribution >= 4 is 0 Å². The van der Waals surface area contributed by atoms with Crippen molar-refractivity contribution in [3.05, 3.63) is 65.2 Å². The van der Waals surface area contributed by atoms with Crippen molar-refractivity contribution in [2.24, 2.45) is 0 Å². The van der Waals surface area contributed by atoms with Gasteiger partial charge in [0.05, 0.1) is 23.8 Å². The van der Waals surface area contributed by atoms with Crippen molar-refractivity contribution in [1.29, 1.82) is 5.26 Å². The second-order valence-corrected chi connectivity index (χ2v) is 4.37. The molecule has 2 rings (SSSR count). The maximum Gasteiger partial charge on any atom is 0.135 e. The Balaban J connectivity index is 2.06. The molecule has 104 valence electrons. The summed E-state index contributed by atoms with van der Waals surface area (Å²) in [5.41, 5.74) is 2.43. The van der Waals surface area contributed by atoms with Gasteiger partial charge >= 0.3 is 0 Å². The minimum absolute atomic E-state index is 0.0568. The van der Waals surface area contributed by atoms with Crippen LogP contribution in [-0.4, -0.2) is 11.7 Å². The van der Waals surface area contributed by atoms with E-state index in [1.54, 1.807) is 12.1 Å². The predicted molar refractivity (Wildman–Crippen MR) is 80.5 cm³/mol. The molecular formula is C18H15NO2. The second-order valence-electron chi connectivity index (χ2n) is 4.37. The minimum Gasteiger partial charge on any atom is -0.488 e. The molecule has 1 N–H and O–H groups in total. The summed E-state index contributed by atoms with van der Waals surface area (Å²) >= 11 is 0. The van der Waals surface area contributed by atoms with E-state index in [-0.39, 0.29) is 6.61 Å². The van der Waals surface area contributed by atoms with E-state index >= 15 is 0 Å². The van der Waals surface area contributed by atoms with Gasteiger partial charge in [0.1, 0.15) is 12.4 Å². The SMILES string of the molecule is N#Cc1ccc(COc2ccccc2C#CCCO)cc1. The first-order chi connectivity index (χ1) is 10.3. The lowest BCUT2D eigenvalue weighted by Gasteiger charge is -2.08. The van der Waals surface area contributed by atoms with E-state index < -0.39 is 0 Å². The first-order valence-corrected chi connectivity index (χ1v) is 6.64. The molecule has 0 aliphatic heterocycles. The lowest BCUT2D eigenvalue weighted by molar-refractivity contribution is 0.304. The van der Waals surface area contributed by atoms with Gasteiger partial charge in [-0.2, -0.15) is 5.26 Å². The zero-order chi connectivity index (χ0) is 14.9. The molecule has 0 spiro atoms. The van der Waals surface area contributed by atoms with Crippen molar-refractivity contribution in [2.45, 2.75) is 13.0 Å².